The highest BCUT2D eigenvalue weighted by molar-refractivity contribution is 7.10. The van der Waals surface area contributed by atoms with E-state index < -0.39 is 5.41 Å². The highest BCUT2D eigenvalue weighted by Gasteiger charge is 2.20. The van der Waals surface area contributed by atoms with Gasteiger partial charge in [-0.25, -0.2) is 0 Å². The molecule has 0 aliphatic carbocycles. The number of halogens is 1. The zero-order chi connectivity index (χ0) is 22.2. The van der Waals surface area contributed by atoms with Crippen LogP contribution in [-0.2, 0) is 11.3 Å². The van der Waals surface area contributed by atoms with Crippen LogP contribution in [0, 0.1) is 5.41 Å². The van der Waals surface area contributed by atoms with Crippen molar-refractivity contribution in [2.75, 3.05) is 0 Å². The van der Waals surface area contributed by atoms with Gasteiger partial charge in [0.25, 0.3) is 5.56 Å². The Labute approximate surface area is 192 Å². The predicted molar refractivity (Wildman–Crippen MR) is 128 cm³/mol. The van der Waals surface area contributed by atoms with Gasteiger partial charge in [-0.15, -0.1) is 16.4 Å². The van der Waals surface area contributed by atoms with Gasteiger partial charge in [0.15, 0.2) is 5.78 Å². The number of carbonyl (C=O) groups is 1. The summed E-state index contributed by atoms with van der Waals surface area (Å²) in [5, 5.41) is 6.19. The van der Waals surface area contributed by atoms with Gasteiger partial charge in [0, 0.05) is 23.0 Å². The number of Topliss-reactive ketones (excluding diaryl/α,β-unsaturated/α-hetero) is 1. The van der Waals surface area contributed by atoms with Crippen molar-refractivity contribution in [3.63, 3.8) is 0 Å². The van der Waals surface area contributed by atoms with E-state index in [0.29, 0.717) is 19.2 Å². The Kier molecular flexibility index (Phi) is 5.92. The number of rotatable bonds is 4. The molecule has 0 unspecified atom stereocenters. The number of ketones is 1. The maximum absolute atomic E-state index is 13.3. The zero-order valence-electron chi connectivity index (χ0n) is 17.3. The first-order chi connectivity index (χ1) is 14.7. The SMILES string of the molecule is CC(C)(C)C(=O)C=c1sc(=Cc2cccc3ccccc23)c(=O)n1Cc1nnsc1Cl. The summed E-state index contributed by atoms with van der Waals surface area (Å²) in [6.07, 6.45) is 3.42. The third-order valence-electron chi connectivity index (χ3n) is 4.86. The van der Waals surface area contributed by atoms with Crippen molar-refractivity contribution in [2.24, 2.45) is 5.41 Å². The van der Waals surface area contributed by atoms with E-state index in [-0.39, 0.29) is 17.9 Å². The van der Waals surface area contributed by atoms with Gasteiger partial charge in [0.05, 0.1) is 11.1 Å². The topological polar surface area (TPSA) is 64.8 Å². The zero-order valence-corrected chi connectivity index (χ0v) is 19.6. The Bertz CT molecular complexity index is 1450. The van der Waals surface area contributed by atoms with E-state index in [0.717, 1.165) is 27.9 Å². The molecule has 0 spiro atoms. The molecule has 0 saturated carbocycles. The Morgan fingerprint density at radius 3 is 2.61 bits per heavy atom. The molecule has 0 atom stereocenters. The number of hydrogen-bond acceptors (Lipinski definition) is 6. The number of carbonyl (C=O) groups excluding carboxylic acids is 1. The van der Waals surface area contributed by atoms with Crippen LogP contribution < -0.4 is 14.8 Å². The first-order valence-electron chi connectivity index (χ1n) is 9.66. The molecule has 0 bridgehead atoms. The molecule has 0 aliphatic rings. The fraction of sp³-hybridized carbons (Fsp3) is 0.217. The van der Waals surface area contributed by atoms with Gasteiger partial charge in [-0.05, 0) is 22.4 Å². The van der Waals surface area contributed by atoms with Crippen molar-refractivity contribution < 1.29 is 4.79 Å². The maximum Gasteiger partial charge on any atom is 0.269 e. The van der Waals surface area contributed by atoms with Crippen LogP contribution in [0.5, 0.6) is 0 Å². The largest absolute Gasteiger partial charge is 0.294 e. The Morgan fingerprint density at radius 1 is 1.16 bits per heavy atom. The maximum atomic E-state index is 13.3. The minimum absolute atomic E-state index is 0.0540. The van der Waals surface area contributed by atoms with E-state index in [1.54, 1.807) is 10.6 Å². The van der Waals surface area contributed by atoms with Crippen LogP contribution in [0.15, 0.2) is 47.3 Å². The molecule has 2 aromatic carbocycles. The average molecular weight is 470 g/mol. The minimum Gasteiger partial charge on any atom is -0.294 e. The number of fused-ring (bicyclic) bond motifs is 1. The lowest BCUT2D eigenvalue weighted by Crippen LogP contribution is -2.33. The van der Waals surface area contributed by atoms with Crippen LogP contribution in [0.1, 0.15) is 32.0 Å². The second-order valence-electron chi connectivity index (χ2n) is 8.16. The third kappa shape index (κ3) is 4.54. The molecule has 0 saturated heterocycles. The fourth-order valence-corrected chi connectivity index (χ4v) is 4.72. The second-order valence-corrected chi connectivity index (χ2v) is 10.6. The summed E-state index contributed by atoms with van der Waals surface area (Å²) in [5.74, 6) is -0.0540. The van der Waals surface area contributed by atoms with Gasteiger partial charge < -0.3 is 0 Å². The quantitative estimate of drug-likeness (QED) is 0.455. The second kappa shape index (κ2) is 8.49. The Hall–Kier alpha value is -2.61. The van der Waals surface area contributed by atoms with Gasteiger partial charge in [-0.3, -0.25) is 14.2 Å². The van der Waals surface area contributed by atoms with Crippen LogP contribution >= 0.6 is 34.5 Å². The fourth-order valence-electron chi connectivity index (χ4n) is 3.08. The molecule has 0 fully saturated rings. The lowest BCUT2D eigenvalue weighted by Gasteiger charge is -2.12. The molecule has 4 aromatic rings. The summed E-state index contributed by atoms with van der Waals surface area (Å²) in [6.45, 7) is 5.72. The third-order valence-corrected chi connectivity index (χ3v) is 6.90. The standard InChI is InChI=1S/C23H20ClN3O2S2/c1-23(2,3)19(28)12-20-27(13-17-21(24)31-26-25-17)22(29)18(30-20)11-15-9-6-8-14-7-4-5-10-16(14)15/h4-12H,13H2,1-3H3. The van der Waals surface area contributed by atoms with Crippen molar-refractivity contribution in [1.82, 2.24) is 14.2 Å². The number of thiazole rings is 1. The molecule has 2 aromatic heterocycles. The van der Waals surface area contributed by atoms with Crippen molar-refractivity contribution >= 4 is 63.2 Å². The van der Waals surface area contributed by atoms with Crippen LogP contribution in [-0.4, -0.2) is 19.9 Å². The highest BCUT2D eigenvalue weighted by Crippen LogP contribution is 2.20. The van der Waals surface area contributed by atoms with E-state index in [9.17, 15) is 9.59 Å². The average Bonchev–Trinajstić information content (AvgIpc) is 3.26. The van der Waals surface area contributed by atoms with E-state index in [1.807, 2.05) is 69.3 Å². The van der Waals surface area contributed by atoms with Gasteiger partial charge in [0.2, 0.25) is 0 Å². The smallest absolute Gasteiger partial charge is 0.269 e. The predicted octanol–water partition coefficient (Wildman–Crippen LogP) is 3.84. The van der Waals surface area contributed by atoms with E-state index in [1.165, 1.54) is 11.3 Å². The van der Waals surface area contributed by atoms with E-state index >= 15 is 0 Å². The van der Waals surface area contributed by atoms with Crippen LogP contribution in [0.3, 0.4) is 0 Å². The lowest BCUT2D eigenvalue weighted by atomic mass is 9.91. The molecule has 158 valence electrons. The number of aromatic nitrogens is 3. The van der Waals surface area contributed by atoms with Gasteiger partial charge >= 0.3 is 0 Å². The first kappa shape index (κ1) is 21.6. The summed E-state index contributed by atoms with van der Waals surface area (Å²) < 4.78 is 6.95. The molecule has 8 heteroatoms. The summed E-state index contributed by atoms with van der Waals surface area (Å²) in [6, 6.07) is 14.0. The number of hydrogen-bond donors (Lipinski definition) is 0. The summed E-state index contributed by atoms with van der Waals surface area (Å²) in [5.41, 5.74) is 0.728. The van der Waals surface area contributed by atoms with Crippen molar-refractivity contribution in [3.05, 3.63) is 77.6 Å². The van der Waals surface area contributed by atoms with Crippen LogP contribution in [0.2, 0.25) is 4.34 Å². The van der Waals surface area contributed by atoms with Crippen molar-refractivity contribution in [1.29, 1.82) is 0 Å². The van der Waals surface area contributed by atoms with Gasteiger partial charge in [-0.1, -0.05) is 79.3 Å². The van der Waals surface area contributed by atoms with Crippen molar-refractivity contribution in [3.8, 4) is 0 Å². The van der Waals surface area contributed by atoms with E-state index in [4.69, 9.17) is 11.6 Å². The lowest BCUT2D eigenvalue weighted by molar-refractivity contribution is -0.120. The number of benzene rings is 2. The Morgan fingerprint density at radius 2 is 1.90 bits per heavy atom. The molecule has 2 heterocycles. The molecule has 0 N–H and O–H groups in total. The van der Waals surface area contributed by atoms with Gasteiger partial charge in [0.1, 0.15) is 14.7 Å². The molecule has 0 aliphatic heterocycles. The number of nitrogens with zero attached hydrogens (tertiary/aromatic N) is 3. The molecule has 5 nitrogen and oxygen atoms in total. The van der Waals surface area contributed by atoms with Gasteiger partial charge in [-0.2, -0.15) is 0 Å². The first-order valence-corrected chi connectivity index (χ1v) is 11.6. The molecule has 0 radical (unpaired) electrons. The Balaban J connectivity index is 1.94. The summed E-state index contributed by atoms with van der Waals surface area (Å²) in [7, 11) is 0. The van der Waals surface area contributed by atoms with Crippen LogP contribution in [0.25, 0.3) is 22.9 Å². The minimum atomic E-state index is -0.551. The van der Waals surface area contributed by atoms with Crippen LogP contribution in [0.4, 0.5) is 0 Å². The summed E-state index contributed by atoms with van der Waals surface area (Å²) in [4.78, 5) is 26.0. The highest BCUT2D eigenvalue weighted by atomic mass is 35.5. The molecular weight excluding hydrogens is 450 g/mol. The molecule has 0 amide bonds. The summed E-state index contributed by atoms with van der Waals surface area (Å²) >= 11 is 8.54. The normalized spacial score (nSPS) is 13.3. The molecule has 31 heavy (non-hydrogen) atoms. The molecule has 4 rings (SSSR count). The monoisotopic (exact) mass is 469 g/mol. The van der Waals surface area contributed by atoms with Crippen molar-refractivity contribution in [2.45, 2.75) is 27.3 Å². The molecular formula is C23H20ClN3O2S2. The van der Waals surface area contributed by atoms with E-state index in [2.05, 4.69) is 9.59 Å².